The molecular weight excluding hydrogens is 404 g/mol. The van der Waals surface area contributed by atoms with Gasteiger partial charge >= 0.3 is 5.97 Å². The molecule has 0 aromatic heterocycles. The molecule has 0 saturated heterocycles. The van der Waals surface area contributed by atoms with Crippen LogP contribution in [0.3, 0.4) is 0 Å². The fourth-order valence-electron chi connectivity index (χ4n) is 2.03. The van der Waals surface area contributed by atoms with Crippen LogP contribution in [0.25, 0.3) is 0 Å². The van der Waals surface area contributed by atoms with Crippen LogP contribution in [0, 0.1) is 6.92 Å². The second kappa shape index (κ2) is 9.02. The van der Waals surface area contributed by atoms with Crippen molar-refractivity contribution in [3.05, 3.63) is 62.6 Å². The van der Waals surface area contributed by atoms with Gasteiger partial charge in [0.2, 0.25) is 0 Å². The van der Waals surface area contributed by atoms with Crippen molar-refractivity contribution in [2.24, 2.45) is 4.99 Å². The van der Waals surface area contributed by atoms with E-state index in [4.69, 9.17) is 16.3 Å². The Labute approximate surface area is 161 Å². The zero-order chi connectivity index (χ0) is 18.4. The Hall–Kier alpha value is -1.85. The number of carbonyl (C=O) groups is 1. The van der Waals surface area contributed by atoms with E-state index in [-0.39, 0.29) is 12.6 Å². The molecule has 0 spiro atoms. The Morgan fingerprint density at radius 3 is 2.64 bits per heavy atom. The van der Waals surface area contributed by atoms with E-state index in [1.165, 1.54) is 0 Å². The van der Waals surface area contributed by atoms with E-state index in [1.807, 2.05) is 44.0 Å². The molecule has 0 heterocycles. The minimum Gasteiger partial charge on any atom is -0.457 e. The molecule has 0 aliphatic carbocycles. The number of ether oxygens (including phenoxy) is 1. The molecule has 2 aromatic carbocycles. The molecule has 0 saturated carbocycles. The molecule has 0 unspecified atom stereocenters. The lowest BCUT2D eigenvalue weighted by atomic mass is 10.1. The number of benzene rings is 2. The van der Waals surface area contributed by atoms with Crippen molar-refractivity contribution in [2.75, 3.05) is 13.6 Å². The highest BCUT2D eigenvalue weighted by atomic mass is 79.9. The molecule has 0 atom stereocenters. The van der Waals surface area contributed by atoms with Crippen LogP contribution in [0.4, 0.5) is 5.69 Å². The standard InChI is InChI=1S/C19H20BrClN2O2/c1-4-23(3)12-22-18-9-13(2)16(10-17(18)20)19(24)25-11-14-5-7-15(21)8-6-14/h5-10,12H,4,11H2,1-3H3/b22-12+. The third-order valence-electron chi connectivity index (χ3n) is 3.69. The molecule has 0 fully saturated rings. The van der Waals surface area contributed by atoms with Gasteiger partial charge in [-0.1, -0.05) is 23.7 Å². The van der Waals surface area contributed by atoms with Crippen LogP contribution in [0.2, 0.25) is 5.02 Å². The third kappa shape index (κ3) is 5.58. The van der Waals surface area contributed by atoms with Crippen molar-refractivity contribution < 1.29 is 9.53 Å². The van der Waals surface area contributed by atoms with Crippen molar-refractivity contribution in [2.45, 2.75) is 20.5 Å². The Kier molecular flexibility index (Phi) is 7.02. The average Bonchev–Trinajstić information content (AvgIpc) is 2.61. The van der Waals surface area contributed by atoms with Crippen LogP contribution in [0.1, 0.15) is 28.4 Å². The van der Waals surface area contributed by atoms with Crippen molar-refractivity contribution in [1.82, 2.24) is 4.90 Å². The largest absolute Gasteiger partial charge is 0.457 e. The summed E-state index contributed by atoms with van der Waals surface area (Å²) in [5.41, 5.74) is 2.99. The van der Waals surface area contributed by atoms with Gasteiger partial charge in [0, 0.05) is 23.1 Å². The lowest BCUT2D eigenvalue weighted by molar-refractivity contribution is 0.0472. The van der Waals surface area contributed by atoms with E-state index in [0.717, 1.165) is 27.8 Å². The summed E-state index contributed by atoms with van der Waals surface area (Å²) in [6.45, 7) is 4.99. The zero-order valence-corrected chi connectivity index (χ0v) is 16.8. The predicted molar refractivity (Wildman–Crippen MR) is 106 cm³/mol. The van der Waals surface area contributed by atoms with Gasteiger partial charge in [-0.3, -0.25) is 0 Å². The van der Waals surface area contributed by atoms with Crippen LogP contribution in [0.15, 0.2) is 45.9 Å². The Morgan fingerprint density at radius 2 is 2.00 bits per heavy atom. The van der Waals surface area contributed by atoms with Gasteiger partial charge in [-0.05, 0) is 65.2 Å². The highest BCUT2D eigenvalue weighted by molar-refractivity contribution is 9.10. The summed E-state index contributed by atoms with van der Waals surface area (Å²) in [4.78, 5) is 18.8. The number of carbonyl (C=O) groups excluding carboxylic acids is 1. The van der Waals surface area contributed by atoms with Crippen molar-refractivity contribution >= 4 is 45.5 Å². The first-order valence-corrected chi connectivity index (χ1v) is 9.04. The summed E-state index contributed by atoms with van der Waals surface area (Å²) in [6.07, 6.45) is 1.76. The second-order valence-corrected chi connectivity index (χ2v) is 6.93. The lowest BCUT2D eigenvalue weighted by Gasteiger charge is -2.11. The topological polar surface area (TPSA) is 41.9 Å². The smallest absolute Gasteiger partial charge is 0.338 e. The number of rotatable bonds is 6. The summed E-state index contributed by atoms with van der Waals surface area (Å²) in [7, 11) is 1.95. The van der Waals surface area contributed by atoms with E-state index in [2.05, 4.69) is 20.9 Å². The van der Waals surface area contributed by atoms with Gasteiger partial charge in [0.15, 0.2) is 0 Å². The number of hydrogen-bond donors (Lipinski definition) is 0. The molecule has 2 aromatic rings. The lowest BCUT2D eigenvalue weighted by Crippen LogP contribution is -2.14. The van der Waals surface area contributed by atoms with Crippen LogP contribution < -0.4 is 0 Å². The molecule has 0 amide bonds. The van der Waals surface area contributed by atoms with Crippen LogP contribution in [-0.4, -0.2) is 30.8 Å². The molecule has 25 heavy (non-hydrogen) atoms. The second-order valence-electron chi connectivity index (χ2n) is 5.64. The van der Waals surface area contributed by atoms with E-state index >= 15 is 0 Å². The summed E-state index contributed by atoms with van der Waals surface area (Å²) in [6, 6.07) is 10.8. The van der Waals surface area contributed by atoms with Gasteiger partial charge in [-0.25, -0.2) is 9.79 Å². The third-order valence-corrected chi connectivity index (χ3v) is 4.58. The summed E-state index contributed by atoms with van der Waals surface area (Å²) in [5, 5.41) is 0.653. The highest BCUT2D eigenvalue weighted by Gasteiger charge is 2.14. The maximum atomic E-state index is 12.4. The number of hydrogen-bond acceptors (Lipinski definition) is 3. The Bertz CT molecular complexity index is 776. The normalized spacial score (nSPS) is 10.9. The Morgan fingerprint density at radius 1 is 1.32 bits per heavy atom. The Balaban J connectivity index is 2.10. The summed E-state index contributed by atoms with van der Waals surface area (Å²) < 4.78 is 6.14. The molecule has 0 bridgehead atoms. The first kappa shape index (κ1) is 19.5. The minimum absolute atomic E-state index is 0.203. The molecule has 0 N–H and O–H groups in total. The molecule has 2 rings (SSSR count). The average molecular weight is 424 g/mol. The first-order valence-electron chi connectivity index (χ1n) is 7.87. The fraction of sp³-hybridized carbons (Fsp3) is 0.263. The zero-order valence-electron chi connectivity index (χ0n) is 14.4. The summed E-state index contributed by atoms with van der Waals surface area (Å²) >= 11 is 9.32. The van der Waals surface area contributed by atoms with E-state index < -0.39 is 0 Å². The minimum atomic E-state index is -0.366. The van der Waals surface area contributed by atoms with Gasteiger partial charge in [0.05, 0.1) is 17.6 Å². The van der Waals surface area contributed by atoms with Crippen LogP contribution in [-0.2, 0) is 11.3 Å². The highest BCUT2D eigenvalue weighted by Crippen LogP contribution is 2.29. The van der Waals surface area contributed by atoms with Crippen molar-refractivity contribution in [3.8, 4) is 0 Å². The first-order chi connectivity index (χ1) is 11.9. The monoisotopic (exact) mass is 422 g/mol. The summed E-state index contributed by atoms with van der Waals surface area (Å²) in [5.74, 6) is -0.366. The van der Waals surface area contributed by atoms with Gasteiger partial charge in [0.1, 0.15) is 6.61 Å². The predicted octanol–water partition coefficient (Wildman–Crippen LogP) is 5.38. The van der Waals surface area contributed by atoms with Gasteiger partial charge in [-0.15, -0.1) is 0 Å². The number of esters is 1. The maximum absolute atomic E-state index is 12.4. The van der Waals surface area contributed by atoms with Crippen molar-refractivity contribution in [3.63, 3.8) is 0 Å². The number of aliphatic imine (C=N–C) groups is 1. The fourth-order valence-corrected chi connectivity index (χ4v) is 2.61. The van der Waals surface area contributed by atoms with E-state index in [9.17, 15) is 4.79 Å². The quantitative estimate of drug-likeness (QED) is 0.356. The van der Waals surface area contributed by atoms with E-state index in [0.29, 0.717) is 10.6 Å². The molecule has 0 aliphatic rings. The maximum Gasteiger partial charge on any atom is 0.338 e. The molecule has 6 heteroatoms. The van der Waals surface area contributed by atoms with Gasteiger partial charge in [0.25, 0.3) is 0 Å². The van der Waals surface area contributed by atoms with Gasteiger partial charge < -0.3 is 9.64 Å². The molecular formula is C19H20BrClN2O2. The number of halogens is 2. The molecule has 0 radical (unpaired) electrons. The number of aryl methyl sites for hydroxylation is 1. The van der Waals surface area contributed by atoms with Crippen molar-refractivity contribution in [1.29, 1.82) is 0 Å². The van der Waals surface area contributed by atoms with Crippen LogP contribution in [0.5, 0.6) is 0 Å². The van der Waals surface area contributed by atoms with Crippen LogP contribution >= 0.6 is 27.5 Å². The molecule has 4 nitrogen and oxygen atoms in total. The number of nitrogens with zero attached hydrogens (tertiary/aromatic N) is 2. The molecule has 0 aliphatic heterocycles. The van der Waals surface area contributed by atoms with Gasteiger partial charge in [-0.2, -0.15) is 0 Å². The SMILES string of the molecule is CCN(C)/C=N/c1cc(C)c(C(=O)OCc2ccc(Cl)cc2)cc1Br. The molecule has 132 valence electrons. The van der Waals surface area contributed by atoms with E-state index in [1.54, 1.807) is 24.5 Å².